The molecule has 1 N–H and O–H groups in total. The van der Waals surface area contributed by atoms with Gasteiger partial charge in [-0.1, -0.05) is 6.07 Å². The number of benzene rings is 2. The smallest absolute Gasteiger partial charge is 0.267 e. The number of sulfonamides is 1. The molecule has 9 heteroatoms. The Labute approximate surface area is 158 Å². The SMILES string of the molecule is CN(c1ccc(F)cc1)S(=O)(=O)c1ccsc1C(=O)Nc1cccc(F)c1. The highest BCUT2D eigenvalue weighted by molar-refractivity contribution is 7.93. The van der Waals surface area contributed by atoms with Crippen LogP contribution in [0.25, 0.3) is 0 Å². The Bertz CT molecular complexity index is 1080. The number of thiophene rings is 1. The van der Waals surface area contributed by atoms with E-state index >= 15 is 0 Å². The number of nitrogens with zero attached hydrogens (tertiary/aromatic N) is 1. The minimum absolute atomic E-state index is 0.0341. The second kappa shape index (κ2) is 7.45. The van der Waals surface area contributed by atoms with E-state index in [1.165, 1.54) is 48.8 Å². The average Bonchev–Trinajstić information content (AvgIpc) is 3.12. The van der Waals surface area contributed by atoms with Crippen LogP contribution in [0.1, 0.15) is 9.67 Å². The van der Waals surface area contributed by atoms with Crippen LogP contribution in [0.5, 0.6) is 0 Å². The second-order valence-electron chi connectivity index (χ2n) is 5.53. The number of anilines is 2. The number of amides is 1. The summed E-state index contributed by atoms with van der Waals surface area (Å²) in [6, 6.07) is 11.5. The molecule has 1 amide bonds. The molecule has 0 atom stereocenters. The Hall–Kier alpha value is -2.78. The van der Waals surface area contributed by atoms with Gasteiger partial charge in [-0.25, -0.2) is 17.2 Å². The zero-order valence-electron chi connectivity index (χ0n) is 14.0. The summed E-state index contributed by atoms with van der Waals surface area (Å²) in [6.07, 6.45) is 0. The quantitative estimate of drug-likeness (QED) is 0.691. The molecule has 0 saturated heterocycles. The number of rotatable bonds is 5. The van der Waals surface area contributed by atoms with Gasteiger partial charge in [0.1, 0.15) is 21.4 Å². The van der Waals surface area contributed by atoms with E-state index in [0.29, 0.717) is 0 Å². The fourth-order valence-electron chi connectivity index (χ4n) is 2.36. The van der Waals surface area contributed by atoms with E-state index < -0.39 is 27.6 Å². The first kappa shape index (κ1) is 19.0. The van der Waals surface area contributed by atoms with Crippen LogP contribution in [0.15, 0.2) is 64.9 Å². The van der Waals surface area contributed by atoms with E-state index in [1.54, 1.807) is 0 Å². The summed E-state index contributed by atoms with van der Waals surface area (Å²) in [5, 5.41) is 3.96. The summed E-state index contributed by atoms with van der Waals surface area (Å²) < 4.78 is 53.1. The Morgan fingerprint density at radius 2 is 1.74 bits per heavy atom. The molecule has 0 spiro atoms. The van der Waals surface area contributed by atoms with Crippen LogP contribution in [-0.2, 0) is 10.0 Å². The first-order valence-corrected chi connectivity index (χ1v) is 10.00. The van der Waals surface area contributed by atoms with Crippen LogP contribution in [0.4, 0.5) is 20.2 Å². The normalized spacial score (nSPS) is 11.2. The van der Waals surface area contributed by atoms with Crippen molar-refractivity contribution in [1.29, 1.82) is 0 Å². The molecule has 0 bridgehead atoms. The molecular weight excluding hydrogens is 394 g/mol. The van der Waals surface area contributed by atoms with Gasteiger partial charge in [0.2, 0.25) is 0 Å². The molecule has 140 valence electrons. The molecule has 1 aromatic heterocycles. The Kier molecular flexibility index (Phi) is 5.24. The molecule has 5 nitrogen and oxygen atoms in total. The van der Waals surface area contributed by atoms with Crippen molar-refractivity contribution < 1.29 is 22.0 Å². The number of nitrogens with one attached hydrogen (secondary N) is 1. The lowest BCUT2D eigenvalue weighted by Crippen LogP contribution is -2.28. The number of halogens is 2. The number of carbonyl (C=O) groups is 1. The van der Waals surface area contributed by atoms with Crippen LogP contribution in [-0.4, -0.2) is 21.4 Å². The molecule has 3 rings (SSSR count). The maximum absolute atomic E-state index is 13.3. The first-order chi connectivity index (χ1) is 12.8. The first-order valence-electron chi connectivity index (χ1n) is 7.68. The summed E-state index contributed by atoms with van der Waals surface area (Å²) >= 11 is 0.951. The van der Waals surface area contributed by atoms with Gasteiger partial charge >= 0.3 is 0 Å². The highest BCUT2D eigenvalue weighted by Crippen LogP contribution is 2.28. The maximum Gasteiger partial charge on any atom is 0.267 e. The monoisotopic (exact) mass is 408 g/mol. The zero-order chi connectivity index (χ0) is 19.6. The molecule has 0 aliphatic rings. The highest BCUT2D eigenvalue weighted by Gasteiger charge is 2.28. The molecule has 0 saturated carbocycles. The van der Waals surface area contributed by atoms with Gasteiger partial charge in [-0.15, -0.1) is 11.3 Å². The van der Waals surface area contributed by atoms with Crippen molar-refractivity contribution in [3.63, 3.8) is 0 Å². The molecule has 0 aliphatic heterocycles. The van der Waals surface area contributed by atoms with Gasteiger partial charge in [-0.2, -0.15) is 0 Å². The van der Waals surface area contributed by atoms with E-state index in [9.17, 15) is 22.0 Å². The average molecular weight is 408 g/mol. The second-order valence-corrected chi connectivity index (χ2v) is 8.38. The molecule has 0 aliphatic carbocycles. The van der Waals surface area contributed by atoms with Gasteiger partial charge in [-0.3, -0.25) is 9.10 Å². The van der Waals surface area contributed by atoms with E-state index in [-0.39, 0.29) is 21.1 Å². The van der Waals surface area contributed by atoms with Gasteiger partial charge in [0, 0.05) is 12.7 Å². The fraction of sp³-hybridized carbons (Fsp3) is 0.0556. The Balaban J connectivity index is 1.90. The summed E-state index contributed by atoms with van der Waals surface area (Å²) in [5.41, 5.74) is 0.461. The number of carbonyl (C=O) groups excluding carboxylic acids is 1. The summed E-state index contributed by atoms with van der Waals surface area (Å²) in [5.74, 6) is -1.68. The van der Waals surface area contributed by atoms with Crippen LogP contribution in [0.3, 0.4) is 0 Å². The van der Waals surface area contributed by atoms with Crippen LogP contribution in [0.2, 0.25) is 0 Å². The van der Waals surface area contributed by atoms with Crippen molar-refractivity contribution >= 4 is 38.6 Å². The number of hydrogen-bond donors (Lipinski definition) is 1. The molecule has 2 aromatic carbocycles. The molecule has 0 fully saturated rings. The van der Waals surface area contributed by atoms with Crippen molar-refractivity contribution in [2.45, 2.75) is 4.90 Å². The predicted octanol–water partition coefficient (Wildman–Crippen LogP) is 4.10. The molecular formula is C18H14F2N2O3S2. The third-order valence-corrected chi connectivity index (χ3v) is 6.62. The Morgan fingerprint density at radius 1 is 1.04 bits per heavy atom. The van der Waals surface area contributed by atoms with Gasteiger partial charge in [-0.05, 0) is 53.9 Å². The van der Waals surface area contributed by atoms with E-state index in [2.05, 4.69) is 5.32 Å². The zero-order valence-corrected chi connectivity index (χ0v) is 15.7. The fourth-order valence-corrected chi connectivity index (χ4v) is 4.85. The minimum atomic E-state index is -4.05. The van der Waals surface area contributed by atoms with E-state index in [1.807, 2.05) is 0 Å². The molecule has 0 unspecified atom stereocenters. The van der Waals surface area contributed by atoms with Gasteiger partial charge in [0.05, 0.1) is 5.69 Å². The van der Waals surface area contributed by atoms with E-state index in [0.717, 1.165) is 33.8 Å². The summed E-state index contributed by atoms with van der Waals surface area (Å²) in [6.45, 7) is 0. The highest BCUT2D eigenvalue weighted by atomic mass is 32.2. The van der Waals surface area contributed by atoms with Crippen LogP contribution < -0.4 is 9.62 Å². The molecule has 27 heavy (non-hydrogen) atoms. The third kappa shape index (κ3) is 3.99. The van der Waals surface area contributed by atoms with Gasteiger partial charge in [0.25, 0.3) is 15.9 Å². The molecule has 3 aromatic rings. The van der Waals surface area contributed by atoms with Crippen molar-refractivity contribution in [3.05, 3.63) is 76.5 Å². The topological polar surface area (TPSA) is 66.5 Å². The maximum atomic E-state index is 13.3. The lowest BCUT2D eigenvalue weighted by Gasteiger charge is -2.19. The van der Waals surface area contributed by atoms with Crippen LogP contribution in [0, 0.1) is 11.6 Å². The number of hydrogen-bond acceptors (Lipinski definition) is 4. The predicted molar refractivity (Wildman–Crippen MR) is 101 cm³/mol. The summed E-state index contributed by atoms with van der Waals surface area (Å²) in [7, 11) is -2.74. The minimum Gasteiger partial charge on any atom is -0.321 e. The molecule has 0 radical (unpaired) electrons. The summed E-state index contributed by atoms with van der Waals surface area (Å²) in [4.78, 5) is 12.3. The van der Waals surface area contributed by atoms with Gasteiger partial charge in [0.15, 0.2) is 0 Å². The lowest BCUT2D eigenvalue weighted by atomic mass is 10.3. The van der Waals surface area contributed by atoms with Crippen molar-refractivity contribution in [2.75, 3.05) is 16.7 Å². The van der Waals surface area contributed by atoms with Crippen molar-refractivity contribution in [3.8, 4) is 0 Å². The lowest BCUT2D eigenvalue weighted by molar-refractivity contribution is 0.102. The molecule has 1 heterocycles. The largest absolute Gasteiger partial charge is 0.321 e. The third-order valence-electron chi connectivity index (χ3n) is 3.75. The van der Waals surface area contributed by atoms with Crippen molar-refractivity contribution in [2.24, 2.45) is 0 Å². The standard InChI is InChI=1S/C18H14F2N2O3S2/c1-22(15-7-5-12(19)6-8-15)27(24,25)16-9-10-26-17(16)18(23)21-14-4-2-3-13(20)11-14/h2-11H,1H3,(H,21,23). The van der Waals surface area contributed by atoms with Crippen molar-refractivity contribution in [1.82, 2.24) is 0 Å². The van der Waals surface area contributed by atoms with E-state index in [4.69, 9.17) is 0 Å². The van der Waals surface area contributed by atoms with Gasteiger partial charge < -0.3 is 5.32 Å². The Morgan fingerprint density at radius 3 is 2.41 bits per heavy atom. The van der Waals surface area contributed by atoms with Crippen LogP contribution >= 0.6 is 11.3 Å².